The SMILES string of the molecule is CN(C)C(C(=O)N1CCCC1c1ncc(-c2ccc(-c3ccc(-c4cnc(C5SCCN5C(=O)C(c5ccccc5)N(C)C)[nH]4)cc3)cc2)[nH]1)c1ccccc1. The van der Waals surface area contributed by atoms with Gasteiger partial charge in [0.2, 0.25) is 11.8 Å². The number of aromatic amines is 2. The van der Waals surface area contributed by atoms with Crippen LogP contribution in [0.3, 0.4) is 0 Å². The van der Waals surface area contributed by atoms with Gasteiger partial charge in [-0.2, -0.15) is 0 Å². The number of likely N-dealkylation sites (tertiary alicyclic amines) is 1. The zero-order valence-corrected chi connectivity index (χ0v) is 33.1. The van der Waals surface area contributed by atoms with Crippen molar-refractivity contribution in [3.05, 3.63) is 144 Å². The lowest BCUT2D eigenvalue weighted by Crippen LogP contribution is -2.40. The predicted molar refractivity (Wildman–Crippen MR) is 223 cm³/mol. The van der Waals surface area contributed by atoms with E-state index in [1.807, 2.05) is 121 Å². The zero-order chi connectivity index (χ0) is 38.8. The van der Waals surface area contributed by atoms with E-state index in [1.54, 1.807) is 11.8 Å². The Morgan fingerprint density at radius 3 is 1.61 bits per heavy atom. The van der Waals surface area contributed by atoms with E-state index in [1.165, 1.54) is 0 Å². The van der Waals surface area contributed by atoms with Crippen LogP contribution in [0.1, 0.15) is 59.1 Å². The summed E-state index contributed by atoms with van der Waals surface area (Å²) in [6.07, 6.45) is 5.57. The van der Waals surface area contributed by atoms with Crippen LogP contribution in [0.25, 0.3) is 33.6 Å². The quantitative estimate of drug-likeness (QED) is 0.138. The van der Waals surface area contributed by atoms with Crippen molar-refractivity contribution in [2.24, 2.45) is 0 Å². The molecule has 4 unspecified atom stereocenters. The third-order valence-electron chi connectivity index (χ3n) is 10.9. The zero-order valence-electron chi connectivity index (χ0n) is 32.3. The second kappa shape index (κ2) is 16.3. The number of H-pyrrole nitrogens is 2. The van der Waals surface area contributed by atoms with E-state index in [-0.39, 0.29) is 35.3 Å². The van der Waals surface area contributed by atoms with E-state index in [0.717, 1.165) is 81.6 Å². The number of nitrogens with zero attached hydrogens (tertiary/aromatic N) is 6. The first-order valence-corrected chi connectivity index (χ1v) is 20.3. The average Bonchev–Trinajstić information content (AvgIpc) is 4.06. The van der Waals surface area contributed by atoms with Crippen LogP contribution >= 0.6 is 11.8 Å². The number of likely N-dealkylation sites (N-methyl/N-ethyl adjacent to an activating group) is 2. The first kappa shape index (κ1) is 37.4. The first-order chi connectivity index (χ1) is 27.3. The number of carbonyl (C=O) groups excluding carboxylic acids is 2. The van der Waals surface area contributed by atoms with Crippen molar-refractivity contribution in [2.75, 3.05) is 47.0 Å². The topological polar surface area (TPSA) is 104 Å². The summed E-state index contributed by atoms with van der Waals surface area (Å²) in [6, 6.07) is 36.1. The van der Waals surface area contributed by atoms with Gasteiger partial charge >= 0.3 is 0 Å². The summed E-state index contributed by atoms with van der Waals surface area (Å²) < 4.78 is 0. The van der Waals surface area contributed by atoms with E-state index in [0.29, 0.717) is 6.54 Å². The van der Waals surface area contributed by atoms with Gasteiger partial charge in [0, 0.05) is 18.8 Å². The lowest BCUT2D eigenvalue weighted by Gasteiger charge is -2.31. The van der Waals surface area contributed by atoms with Crippen LogP contribution in [0, 0.1) is 0 Å². The minimum absolute atomic E-state index is 0.0837. The van der Waals surface area contributed by atoms with Crippen molar-refractivity contribution in [2.45, 2.75) is 36.3 Å². The van der Waals surface area contributed by atoms with Gasteiger partial charge in [-0.25, -0.2) is 9.97 Å². The van der Waals surface area contributed by atoms with E-state index in [4.69, 9.17) is 9.97 Å². The summed E-state index contributed by atoms with van der Waals surface area (Å²) in [4.78, 5) is 52.3. The predicted octanol–water partition coefficient (Wildman–Crippen LogP) is 7.98. The van der Waals surface area contributed by atoms with Gasteiger partial charge in [0.1, 0.15) is 29.1 Å². The Morgan fingerprint density at radius 1 is 0.625 bits per heavy atom. The second-order valence-electron chi connectivity index (χ2n) is 15.0. The number of benzene rings is 4. The van der Waals surface area contributed by atoms with Crippen molar-refractivity contribution in [1.82, 2.24) is 39.5 Å². The molecule has 0 bridgehead atoms. The number of aromatic nitrogens is 4. The molecule has 0 aliphatic carbocycles. The average molecular weight is 765 g/mol. The van der Waals surface area contributed by atoms with Gasteiger partial charge in [-0.15, -0.1) is 11.8 Å². The number of carbonyl (C=O) groups is 2. The van der Waals surface area contributed by atoms with Gasteiger partial charge in [-0.1, -0.05) is 109 Å². The molecule has 286 valence electrons. The molecule has 56 heavy (non-hydrogen) atoms. The maximum Gasteiger partial charge on any atom is 0.245 e. The molecule has 2 aliphatic rings. The van der Waals surface area contributed by atoms with E-state index < -0.39 is 0 Å². The third kappa shape index (κ3) is 7.54. The summed E-state index contributed by atoms with van der Waals surface area (Å²) in [5, 5.41) is -0.166. The molecule has 4 atom stereocenters. The molecular formula is C45H48N8O2S. The highest BCUT2D eigenvalue weighted by molar-refractivity contribution is 7.99. The first-order valence-electron chi connectivity index (χ1n) is 19.2. The molecule has 2 N–H and O–H groups in total. The fraction of sp³-hybridized carbons (Fsp3) is 0.289. The number of hydrogen-bond acceptors (Lipinski definition) is 7. The summed E-state index contributed by atoms with van der Waals surface area (Å²) in [5.41, 5.74) is 8.13. The molecule has 0 spiro atoms. The normalized spacial score (nSPS) is 18.2. The van der Waals surface area contributed by atoms with E-state index in [9.17, 15) is 9.59 Å². The lowest BCUT2D eigenvalue weighted by atomic mass is 10.0. The highest BCUT2D eigenvalue weighted by atomic mass is 32.2. The molecule has 4 heterocycles. The number of imidazole rings is 2. The number of hydrogen-bond donors (Lipinski definition) is 2. The van der Waals surface area contributed by atoms with Gasteiger partial charge in [-0.05, 0) is 74.4 Å². The van der Waals surface area contributed by atoms with Gasteiger partial charge in [-0.3, -0.25) is 19.4 Å². The molecule has 11 heteroatoms. The second-order valence-corrected chi connectivity index (χ2v) is 16.2. The van der Waals surface area contributed by atoms with Crippen LogP contribution in [0.5, 0.6) is 0 Å². The number of thioether (sulfide) groups is 1. The Kier molecular flexibility index (Phi) is 10.9. The van der Waals surface area contributed by atoms with Crippen LogP contribution in [-0.4, -0.2) is 98.4 Å². The molecule has 2 aliphatic heterocycles. The molecule has 6 aromatic rings. The Morgan fingerprint density at radius 2 is 1.09 bits per heavy atom. The van der Waals surface area contributed by atoms with Crippen LogP contribution in [0.15, 0.2) is 122 Å². The standard InChI is InChI=1S/C45H48N8O2S/c1-50(2)39(34-12-7-5-8-13-34)43(54)52-25-11-16-38(52)41-46-28-36(48-41)32-21-17-30(18-22-32)31-19-23-33(24-20-31)37-29-47-42(49-37)45-53(26-27-56-45)44(55)40(51(3)4)35-14-9-6-10-15-35/h5-10,12-15,17-24,28-29,38-40,45H,11,16,25-27H2,1-4H3,(H,46,48)(H,47,49). The molecule has 0 saturated carbocycles. The number of nitrogens with one attached hydrogen (secondary N) is 2. The lowest BCUT2D eigenvalue weighted by molar-refractivity contribution is -0.138. The molecule has 4 aromatic carbocycles. The Balaban J connectivity index is 0.930. The molecule has 2 aromatic heterocycles. The minimum atomic E-state index is -0.355. The number of amides is 2. The van der Waals surface area contributed by atoms with Crippen LogP contribution < -0.4 is 0 Å². The molecule has 10 nitrogen and oxygen atoms in total. The van der Waals surface area contributed by atoms with Crippen molar-refractivity contribution >= 4 is 23.6 Å². The Hall–Kier alpha value is -5.49. The van der Waals surface area contributed by atoms with Crippen LogP contribution in [-0.2, 0) is 9.59 Å². The van der Waals surface area contributed by atoms with Gasteiger partial charge in [0.05, 0.1) is 29.8 Å². The summed E-state index contributed by atoms with van der Waals surface area (Å²) >= 11 is 1.74. The summed E-state index contributed by atoms with van der Waals surface area (Å²) in [5.74, 6) is 2.67. The highest BCUT2D eigenvalue weighted by Crippen LogP contribution is 2.40. The summed E-state index contributed by atoms with van der Waals surface area (Å²) in [6.45, 7) is 1.40. The Bertz CT molecular complexity index is 2090. The molecule has 2 fully saturated rings. The maximum absolute atomic E-state index is 13.9. The smallest absolute Gasteiger partial charge is 0.245 e. The van der Waals surface area contributed by atoms with Crippen molar-refractivity contribution in [3.63, 3.8) is 0 Å². The van der Waals surface area contributed by atoms with Crippen molar-refractivity contribution < 1.29 is 9.59 Å². The van der Waals surface area contributed by atoms with E-state index in [2.05, 4.69) is 58.5 Å². The molecule has 8 rings (SSSR count). The fourth-order valence-corrected chi connectivity index (χ4v) is 9.28. The monoisotopic (exact) mass is 764 g/mol. The van der Waals surface area contributed by atoms with Crippen molar-refractivity contribution in [3.8, 4) is 33.6 Å². The van der Waals surface area contributed by atoms with Crippen molar-refractivity contribution in [1.29, 1.82) is 0 Å². The Labute approximate surface area is 333 Å². The van der Waals surface area contributed by atoms with E-state index >= 15 is 0 Å². The van der Waals surface area contributed by atoms with Gasteiger partial charge < -0.3 is 19.8 Å². The molecular weight excluding hydrogens is 717 g/mol. The fourth-order valence-electron chi connectivity index (χ4n) is 8.09. The largest absolute Gasteiger partial charge is 0.340 e. The maximum atomic E-state index is 13.9. The van der Waals surface area contributed by atoms with Gasteiger partial charge in [0.15, 0.2) is 0 Å². The van der Waals surface area contributed by atoms with Gasteiger partial charge in [0.25, 0.3) is 0 Å². The van der Waals surface area contributed by atoms with Crippen LogP contribution in [0.4, 0.5) is 0 Å². The highest BCUT2D eigenvalue weighted by Gasteiger charge is 2.38. The number of rotatable bonds is 11. The minimum Gasteiger partial charge on any atom is -0.340 e. The molecule has 0 radical (unpaired) electrons. The molecule has 2 saturated heterocycles. The molecule has 2 amide bonds. The van der Waals surface area contributed by atoms with Crippen LogP contribution in [0.2, 0.25) is 0 Å². The third-order valence-corrected chi connectivity index (χ3v) is 12.1. The summed E-state index contributed by atoms with van der Waals surface area (Å²) in [7, 11) is 7.83.